The highest BCUT2D eigenvalue weighted by molar-refractivity contribution is 7.90. The Labute approximate surface area is 132 Å². The molecule has 22 heavy (non-hydrogen) atoms. The summed E-state index contributed by atoms with van der Waals surface area (Å²) in [6.45, 7) is 3.10. The van der Waals surface area contributed by atoms with Crippen molar-refractivity contribution >= 4 is 15.7 Å². The molecule has 1 amide bonds. The summed E-state index contributed by atoms with van der Waals surface area (Å²) in [6.07, 6.45) is 5.00. The van der Waals surface area contributed by atoms with Crippen molar-refractivity contribution in [3.05, 3.63) is 29.3 Å². The van der Waals surface area contributed by atoms with Crippen LogP contribution in [0.5, 0.6) is 0 Å². The Morgan fingerprint density at radius 2 is 2.09 bits per heavy atom. The molecule has 1 aliphatic heterocycles. The summed E-state index contributed by atoms with van der Waals surface area (Å²) in [7, 11) is -3.32. The van der Waals surface area contributed by atoms with E-state index in [0.717, 1.165) is 37.5 Å². The summed E-state index contributed by atoms with van der Waals surface area (Å²) in [5.41, 5.74) is 6.93. The number of nitrogens with two attached hydrogens (primary N) is 1. The summed E-state index contributed by atoms with van der Waals surface area (Å²) < 4.78 is 23.4. The zero-order valence-corrected chi connectivity index (χ0v) is 14.0. The van der Waals surface area contributed by atoms with E-state index in [0.29, 0.717) is 18.7 Å². The SMILES string of the molecule is Cc1ccc(S(C)(=O)=O)cc1C(=O)N1CCCCC1CCN. The molecule has 1 aromatic carbocycles. The van der Waals surface area contributed by atoms with Gasteiger partial charge < -0.3 is 10.6 Å². The van der Waals surface area contributed by atoms with E-state index in [-0.39, 0.29) is 16.8 Å². The number of hydrogen-bond acceptors (Lipinski definition) is 4. The van der Waals surface area contributed by atoms with Crippen molar-refractivity contribution in [3.8, 4) is 0 Å². The van der Waals surface area contributed by atoms with Crippen molar-refractivity contribution in [2.24, 2.45) is 5.73 Å². The third kappa shape index (κ3) is 3.67. The summed E-state index contributed by atoms with van der Waals surface area (Å²) >= 11 is 0. The zero-order valence-electron chi connectivity index (χ0n) is 13.2. The summed E-state index contributed by atoms with van der Waals surface area (Å²) in [4.78, 5) is 14.9. The van der Waals surface area contributed by atoms with E-state index in [1.807, 2.05) is 11.8 Å². The summed E-state index contributed by atoms with van der Waals surface area (Å²) in [6, 6.07) is 4.91. The van der Waals surface area contributed by atoms with Gasteiger partial charge in [0.1, 0.15) is 0 Å². The molecule has 0 saturated carbocycles. The molecule has 5 nitrogen and oxygen atoms in total. The van der Waals surface area contributed by atoms with E-state index in [1.165, 1.54) is 6.07 Å². The van der Waals surface area contributed by atoms with Gasteiger partial charge in [0, 0.05) is 24.4 Å². The van der Waals surface area contributed by atoms with Gasteiger partial charge in [0.15, 0.2) is 9.84 Å². The largest absolute Gasteiger partial charge is 0.336 e. The van der Waals surface area contributed by atoms with Gasteiger partial charge in [-0.3, -0.25) is 4.79 Å². The Bertz CT molecular complexity index is 653. The molecule has 1 fully saturated rings. The van der Waals surface area contributed by atoms with E-state index in [9.17, 15) is 13.2 Å². The first-order chi connectivity index (χ1) is 10.3. The highest BCUT2D eigenvalue weighted by Gasteiger charge is 2.28. The first kappa shape index (κ1) is 17.0. The fraction of sp³-hybridized carbons (Fsp3) is 0.562. The average Bonchev–Trinajstić information content (AvgIpc) is 2.47. The lowest BCUT2D eigenvalue weighted by Crippen LogP contribution is -2.44. The number of rotatable bonds is 4. The van der Waals surface area contributed by atoms with E-state index in [4.69, 9.17) is 5.73 Å². The molecule has 1 heterocycles. The maximum absolute atomic E-state index is 12.9. The van der Waals surface area contributed by atoms with Crippen molar-refractivity contribution < 1.29 is 13.2 Å². The second-order valence-electron chi connectivity index (χ2n) is 5.97. The van der Waals surface area contributed by atoms with Crippen molar-refractivity contribution in [2.75, 3.05) is 19.3 Å². The van der Waals surface area contributed by atoms with Crippen LogP contribution < -0.4 is 5.73 Å². The number of amides is 1. The van der Waals surface area contributed by atoms with Crippen molar-refractivity contribution in [3.63, 3.8) is 0 Å². The molecule has 1 aromatic rings. The second kappa shape index (κ2) is 6.79. The lowest BCUT2D eigenvalue weighted by atomic mass is 9.97. The molecule has 2 rings (SSSR count). The van der Waals surface area contributed by atoms with Gasteiger partial charge in [-0.2, -0.15) is 0 Å². The monoisotopic (exact) mass is 324 g/mol. The van der Waals surface area contributed by atoms with Crippen molar-refractivity contribution in [2.45, 2.75) is 43.5 Å². The number of carbonyl (C=O) groups excluding carboxylic acids is 1. The normalized spacial score (nSPS) is 19.2. The minimum absolute atomic E-state index is 0.0823. The fourth-order valence-corrected chi connectivity index (χ4v) is 3.62. The predicted octanol–water partition coefficient (Wildman–Crippen LogP) is 1.74. The minimum atomic E-state index is -3.32. The number of aryl methyl sites for hydroxylation is 1. The van der Waals surface area contributed by atoms with Crippen LogP contribution in [0.25, 0.3) is 0 Å². The molecule has 1 aliphatic rings. The highest BCUT2D eigenvalue weighted by Crippen LogP contribution is 2.24. The predicted molar refractivity (Wildman–Crippen MR) is 86.6 cm³/mol. The van der Waals surface area contributed by atoms with Crippen LogP contribution >= 0.6 is 0 Å². The quantitative estimate of drug-likeness (QED) is 0.915. The van der Waals surface area contributed by atoms with Gasteiger partial charge >= 0.3 is 0 Å². The van der Waals surface area contributed by atoms with Crippen LogP contribution in [0.4, 0.5) is 0 Å². The van der Waals surface area contributed by atoms with E-state index in [1.54, 1.807) is 12.1 Å². The van der Waals surface area contributed by atoms with Crippen LogP contribution in [0.2, 0.25) is 0 Å². The van der Waals surface area contributed by atoms with Gasteiger partial charge in [-0.1, -0.05) is 6.07 Å². The Kier molecular flexibility index (Phi) is 5.24. The molecular weight excluding hydrogens is 300 g/mol. The standard InChI is InChI=1S/C16H24N2O3S/c1-12-6-7-14(22(2,20)21)11-15(12)16(19)18-10-4-3-5-13(18)8-9-17/h6-7,11,13H,3-5,8-10,17H2,1-2H3. The van der Waals surface area contributed by atoms with Gasteiger partial charge in [-0.05, 0) is 56.8 Å². The van der Waals surface area contributed by atoms with Crippen LogP contribution in [0, 0.1) is 6.92 Å². The number of carbonyl (C=O) groups is 1. The molecule has 0 bridgehead atoms. The van der Waals surface area contributed by atoms with Gasteiger partial charge in [0.2, 0.25) is 0 Å². The molecular formula is C16H24N2O3S. The van der Waals surface area contributed by atoms with Crippen LogP contribution in [0.15, 0.2) is 23.1 Å². The third-order valence-electron chi connectivity index (χ3n) is 4.26. The van der Waals surface area contributed by atoms with Gasteiger partial charge in [0.25, 0.3) is 5.91 Å². The Morgan fingerprint density at radius 1 is 1.36 bits per heavy atom. The van der Waals surface area contributed by atoms with Crippen molar-refractivity contribution in [1.82, 2.24) is 4.90 Å². The molecule has 1 saturated heterocycles. The topological polar surface area (TPSA) is 80.5 Å². The number of benzene rings is 1. The van der Waals surface area contributed by atoms with Crippen LogP contribution in [0.1, 0.15) is 41.6 Å². The second-order valence-corrected chi connectivity index (χ2v) is 7.99. The number of sulfone groups is 1. The lowest BCUT2D eigenvalue weighted by molar-refractivity contribution is 0.0604. The zero-order chi connectivity index (χ0) is 16.3. The molecule has 0 radical (unpaired) electrons. The maximum Gasteiger partial charge on any atom is 0.254 e. The molecule has 6 heteroatoms. The molecule has 0 spiro atoms. The maximum atomic E-state index is 12.9. The molecule has 1 unspecified atom stereocenters. The van der Waals surface area contributed by atoms with Crippen LogP contribution in [-0.2, 0) is 9.84 Å². The Morgan fingerprint density at radius 3 is 2.73 bits per heavy atom. The number of nitrogens with zero attached hydrogens (tertiary/aromatic N) is 1. The van der Waals surface area contributed by atoms with Gasteiger partial charge in [0.05, 0.1) is 4.90 Å². The lowest BCUT2D eigenvalue weighted by Gasteiger charge is -2.36. The molecule has 122 valence electrons. The molecule has 0 aromatic heterocycles. The molecule has 0 aliphatic carbocycles. The van der Waals surface area contributed by atoms with E-state index < -0.39 is 9.84 Å². The van der Waals surface area contributed by atoms with E-state index in [2.05, 4.69) is 0 Å². The Hall–Kier alpha value is -1.40. The average molecular weight is 324 g/mol. The minimum Gasteiger partial charge on any atom is -0.336 e. The van der Waals surface area contributed by atoms with Gasteiger partial charge in [-0.25, -0.2) is 8.42 Å². The van der Waals surface area contributed by atoms with Crippen LogP contribution in [0.3, 0.4) is 0 Å². The number of likely N-dealkylation sites (tertiary alicyclic amines) is 1. The van der Waals surface area contributed by atoms with Crippen LogP contribution in [-0.4, -0.2) is 44.6 Å². The molecule has 2 N–H and O–H groups in total. The highest BCUT2D eigenvalue weighted by atomic mass is 32.2. The van der Waals surface area contributed by atoms with E-state index >= 15 is 0 Å². The summed E-state index contributed by atoms with van der Waals surface area (Å²) in [5.74, 6) is -0.0823. The Balaban J connectivity index is 2.35. The first-order valence-electron chi connectivity index (χ1n) is 7.66. The summed E-state index contributed by atoms with van der Waals surface area (Å²) in [5, 5.41) is 0. The van der Waals surface area contributed by atoms with Crippen molar-refractivity contribution in [1.29, 1.82) is 0 Å². The number of piperidine rings is 1. The first-order valence-corrected chi connectivity index (χ1v) is 9.55. The molecule has 1 atom stereocenters. The van der Waals surface area contributed by atoms with Gasteiger partial charge in [-0.15, -0.1) is 0 Å². The fourth-order valence-electron chi connectivity index (χ4n) is 2.98. The number of hydrogen-bond donors (Lipinski definition) is 1. The third-order valence-corrected chi connectivity index (χ3v) is 5.37. The smallest absolute Gasteiger partial charge is 0.254 e.